The number of aliphatic hydroxyl groups is 1. The van der Waals surface area contributed by atoms with Crippen molar-refractivity contribution in [2.45, 2.75) is 32.9 Å². The van der Waals surface area contributed by atoms with Crippen molar-refractivity contribution in [3.63, 3.8) is 0 Å². The molecule has 4 heteroatoms. The lowest BCUT2D eigenvalue weighted by Gasteiger charge is -2.08. The average molecular weight is 265 g/mol. The van der Waals surface area contributed by atoms with Crippen LogP contribution in [-0.2, 0) is 19.6 Å². The van der Waals surface area contributed by atoms with Gasteiger partial charge in [0, 0.05) is 16.3 Å². The lowest BCUT2D eigenvalue weighted by molar-refractivity contribution is 0.280. The number of benzene rings is 1. The summed E-state index contributed by atoms with van der Waals surface area (Å²) >= 11 is 5.97. The van der Waals surface area contributed by atoms with Crippen LogP contribution in [0, 0.1) is 0 Å². The van der Waals surface area contributed by atoms with E-state index in [9.17, 15) is 5.11 Å². The molecule has 0 unspecified atom stereocenters. The van der Waals surface area contributed by atoms with Crippen molar-refractivity contribution in [3.05, 3.63) is 52.3 Å². The highest BCUT2D eigenvalue weighted by atomic mass is 35.5. The summed E-state index contributed by atoms with van der Waals surface area (Å²) in [5.74, 6) is 0. The van der Waals surface area contributed by atoms with Crippen molar-refractivity contribution in [2.75, 3.05) is 0 Å². The number of hydrogen-bond donors (Lipinski definition) is 1. The topological polar surface area (TPSA) is 38.1 Å². The van der Waals surface area contributed by atoms with Crippen LogP contribution in [0.25, 0.3) is 0 Å². The zero-order valence-corrected chi connectivity index (χ0v) is 11.2. The van der Waals surface area contributed by atoms with Gasteiger partial charge < -0.3 is 5.11 Å². The standard InChI is InChI=1S/C14H17ClN2O/c1-2-4-14-12(10-18)8-16-17(14)9-11-5-3-6-13(15)7-11/h3,5-8,18H,2,4,9-10H2,1H3. The molecule has 0 aliphatic heterocycles. The first-order valence-corrected chi connectivity index (χ1v) is 6.51. The van der Waals surface area contributed by atoms with Crippen LogP contribution in [0.5, 0.6) is 0 Å². The van der Waals surface area contributed by atoms with E-state index in [2.05, 4.69) is 12.0 Å². The Morgan fingerprint density at radius 1 is 1.39 bits per heavy atom. The zero-order chi connectivity index (χ0) is 13.0. The van der Waals surface area contributed by atoms with E-state index in [1.807, 2.05) is 28.9 Å². The molecule has 1 heterocycles. The minimum atomic E-state index is 0.0465. The maximum Gasteiger partial charge on any atom is 0.0715 e. The normalized spacial score (nSPS) is 10.8. The van der Waals surface area contributed by atoms with Gasteiger partial charge in [-0.15, -0.1) is 0 Å². The molecule has 0 atom stereocenters. The van der Waals surface area contributed by atoms with Gasteiger partial charge in [0.1, 0.15) is 0 Å². The third-order valence-electron chi connectivity index (χ3n) is 2.91. The number of aromatic nitrogens is 2. The predicted octanol–water partition coefficient (Wildman–Crippen LogP) is 3.03. The Balaban J connectivity index is 2.25. The van der Waals surface area contributed by atoms with Gasteiger partial charge in [0.05, 0.1) is 19.3 Å². The summed E-state index contributed by atoms with van der Waals surface area (Å²) in [6.07, 6.45) is 3.71. The van der Waals surface area contributed by atoms with Gasteiger partial charge in [0.15, 0.2) is 0 Å². The fourth-order valence-corrected chi connectivity index (χ4v) is 2.27. The summed E-state index contributed by atoms with van der Waals surface area (Å²) in [5.41, 5.74) is 3.14. The summed E-state index contributed by atoms with van der Waals surface area (Å²) in [5, 5.41) is 14.4. The number of nitrogens with zero attached hydrogens (tertiary/aromatic N) is 2. The Labute approximate surface area is 112 Å². The molecule has 0 bridgehead atoms. The molecule has 0 spiro atoms. The van der Waals surface area contributed by atoms with Gasteiger partial charge >= 0.3 is 0 Å². The highest BCUT2D eigenvalue weighted by Crippen LogP contribution is 2.16. The van der Waals surface area contributed by atoms with Gasteiger partial charge in [-0.1, -0.05) is 37.1 Å². The molecule has 0 saturated heterocycles. The summed E-state index contributed by atoms with van der Waals surface area (Å²) in [4.78, 5) is 0. The first kappa shape index (κ1) is 13.1. The van der Waals surface area contributed by atoms with Crippen LogP contribution in [0.3, 0.4) is 0 Å². The van der Waals surface area contributed by atoms with E-state index < -0.39 is 0 Å². The van der Waals surface area contributed by atoms with Gasteiger partial charge in [-0.05, 0) is 24.1 Å². The molecule has 1 N–H and O–H groups in total. The molecule has 1 aromatic heterocycles. The van der Waals surface area contributed by atoms with Crippen LogP contribution in [0.1, 0.15) is 30.2 Å². The van der Waals surface area contributed by atoms with Crippen molar-refractivity contribution >= 4 is 11.6 Å². The molecule has 0 aliphatic carbocycles. The Morgan fingerprint density at radius 3 is 2.89 bits per heavy atom. The van der Waals surface area contributed by atoms with Gasteiger partial charge in [-0.25, -0.2) is 0 Å². The van der Waals surface area contributed by atoms with Crippen molar-refractivity contribution < 1.29 is 5.11 Å². The lowest BCUT2D eigenvalue weighted by Crippen LogP contribution is -2.07. The van der Waals surface area contributed by atoms with Gasteiger partial charge in [-0.2, -0.15) is 5.10 Å². The second-order valence-corrected chi connectivity index (χ2v) is 4.75. The van der Waals surface area contributed by atoms with E-state index in [1.165, 1.54) is 0 Å². The van der Waals surface area contributed by atoms with Gasteiger partial charge in [-0.3, -0.25) is 4.68 Å². The number of hydrogen-bond acceptors (Lipinski definition) is 2. The highest BCUT2D eigenvalue weighted by molar-refractivity contribution is 6.30. The Hall–Kier alpha value is -1.32. The molecule has 2 rings (SSSR count). The monoisotopic (exact) mass is 264 g/mol. The second kappa shape index (κ2) is 6.03. The van der Waals surface area contributed by atoms with E-state index in [1.54, 1.807) is 6.20 Å². The van der Waals surface area contributed by atoms with Crippen LogP contribution in [0.2, 0.25) is 5.02 Å². The first-order valence-electron chi connectivity index (χ1n) is 6.13. The second-order valence-electron chi connectivity index (χ2n) is 4.31. The molecule has 96 valence electrons. The number of aliphatic hydroxyl groups excluding tert-OH is 1. The summed E-state index contributed by atoms with van der Waals surface area (Å²) in [6, 6.07) is 7.77. The summed E-state index contributed by atoms with van der Waals surface area (Å²) in [7, 11) is 0. The Kier molecular flexibility index (Phi) is 4.39. The lowest BCUT2D eigenvalue weighted by atomic mass is 10.1. The fourth-order valence-electron chi connectivity index (χ4n) is 2.05. The van der Waals surface area contributed by atoms with Gasteiger partial charge in [0.25, 0.3) is 0 Å². The van der Waals surface area contributed by atoms with Crippen LogP contribution in [0.4, 0.5) is 0 Å². The third-order valence-corrected chi connectivity index (χ3v) is 3.15. The van der Waals surface area contributed by atoms with E-state index in [0.717, 1.165) is 34.7 Å². The smallest absolute Gasteiger partial charge is 0.0715 e. The molecule has 18 heavy (non-hydrogen) atoms. The molecule has 0 fully saturated rings. The maximum atomic E-state index is 9.29. The Morgan fingerprint density at radius 2 is 2.22 bits per heavy atom. The van der Waals surface area contributed by atoms with E-state index in [0.29, 0.717) is 6.54 Å². The van der Waals surface area contributed by atoms with Crippen molar-refractivity contribution in [1.82, 2.24) is 9.78 Å². The molecule has 1 aromatic carbocycles. The van der Waals surface area contributed by atoms with E-state index in [-0.39, 0.29) is 6.61 Å². The molecule has 0 amide bonds. The molecule has 3 nitrogen and oxygen atoms in total. The predicted molar refractivity (Wildman–Crippen MR) is 72.7 cm³/mol. The van der Waals surface area contributed by atoms with E-state index >= 15 is 0 Å². The summed E-state index contributed by atoms with van der Waals surface area (Å²) in [6.45, 7) is 2.86. The van der Waals surface area contributed by atoms with Crippen LogP contribution >= 0.6 is 11.6 Å². The fraction of sp³-hybridized carbons (Fsp3) is 0.357. The Bertz CT molecular complexity index is 522. The zero-order valence-electron chi connectivity index (χ0n) is 10.4. The molecular formula is C14H17ClN2O. The summed E-state index contributed by atoms with van der Waals surface area (Å²) < 4.78 is 1.95. The largest absolute Gasteiger partial charge is 0.392 e. The maximum absolute atomic E-state index is 9.29. The van der Waals surface area contributed by atoms with Crippen LogP contribution in [-0.4, -0.2) is 14.9 Å². The molecular weight excluding hydrogens is 248 g/mol. The highest BCUT2D eigenvalue weighted by Gasteiger charge is 2.09. The molecule has 0 saturated carbocycles. The van der Waals surface area contributed by atoms with Crippen molar-refractivity contribution in [2.24, 2.45) is 0 Å². The minimum Gasteiger partial charge on any atom is -0.392 e. The van der Waals surface area contributed by atoms with Gasteiger partial charge in [0.2, 0.25) is 0 Å². The third kappa shape index (κ3) is 2.92. The molecule has 2 aromatic rings. The molecule has 0 aliphatic rings. The molecule has 0 radical (unpaired) electrons. The quantitative estimate of drug-likeness (QED) is 0.901. The van der Waals surface area contributed by atoms with Crippen molar-refractivity contribution in [1.29, 1.82) is 0 Å². The number of rotatable bonds is 5. The van der Waals surface area contributed by atoms with E-state index in [4.69, 9.17) is 11.6 Å². The average Bonchev–Trinajstić information content (AvgIpc) is 2.72. The minimum absolute atomic E-state index is 0.0465. The van der Waals surface area contributed by atoms with Crippen LogP contribution in [0.15, 0.2) is 30.5 Å². The number of halogens is 1. The first-order chi connectivity index (χ1) is 8.74. The SMILES string of the molecule is CCCc1c(CO)cnn1Cc1cccc(Cl)c1. The van der Waals surface area contributed by atoms with Crippen molar-refractivity contribution in [3.8, 4) is 0 Å². The van der Waals surface area contributed by atoms with Crippen LogP contribution < -0.4 is 0 Å².